The average molecular weight is 363 g/mol. The quantitative estimate of drug-likeness (QED) is 0.419. The van der Waals surface area contributed by atoms with E-state index in [0.29, 0.717) is 16.9 Å². The number of Topliss-reactive ketones (excluding diaryl/α,β-unsaturated/α-hetero) is 1. The predicted molar refractivity (Wildman–Crippen MR) is 102 cm³/mol. The summed E-state index contributed by atoms with van der Waals surface area (Å²) in [7, 11) is 1.34. The van der Waals surface area contributed by atoms with Crippen LogP contribution in [0.15, 0.2) is 54.1 Å². The Morgan fingerprint density at radius 3 is 2.37 bits per heavy atom. The van der Waals surface area contributed by atoms with Crippen LogP contribution in [0, 0.1) is 17.2 Å². The van der Waals surface area contributed by atoms with Crippen molar-refractivity contribution in [2.75, 3.05) is 7.11 Å². The molecule has 0 amide bonds. The molecule has 27 heavy (non-hydrogen) atoms. The van der Waals surface area contributed by atoms with E-state index < -0.39 is 5.97 Å². The third kappa shape index (κ3) is 5.29. The number of hydrogen-bond donors (Lipinski definition) is 0. The summed E-state index contributed by atoms with van der Waals surface area (Å²) in [6.45, 7) is 3.80. The molecule has 0 atom stereocenters. The zero-order valence-electron chi connectivity index (χ0n) is 15.6. The summed E-state index contributed by atoms with van der Waals surface area (Å²) in [5.41, 5.74) is 2.10. The number of benzene rings is 2. The second-order valence-electron chi connectivity index (χ2n) is 6.20. The molecule has 0 fully saturated rings. The Bertz CT molecular complexity index is 889. The van der Waals surface area contributed by atoms with Crippen LogP contribution in [0.5, 0.6) is 5.75 Å². The monoisotopic (exact) mass is 363 g/mol. The van der Waals surface area contributed by atoms with Gasteiger partial charge in [0.2, 0.25) is 0 Å². The van der Waals surface area contributed by atoms with Crippen molar-refractivity contribution in [3.05, 3.63) is 70.8 Å². The van der Waals surface area contributed by atoms with Gasteiger partial charge in [-0.2, -0.15) is 5.26 Å². The Morgan fingerprint density at radius 1 is 1.11 bits per heavy atom. The van der Waals surface area contributed by atoms with Crippen LogP contribution in [0.2, 0.25) is 0 Å². The Hall–Kier alpha value is -3.39. The van der Waals surface area contributed by atoms with E-state index in [4.69, 9.17) is 4.74 Å². The summed E-state index contributed by atoms with van der Waals surface area (Å²) < 4.78 is 10.5. The average Bonchev–Trinajstić information content (AvgIpc) is 2.70. The predicted octanol–water partition coefficient (Wildman–Crippen LogP) is 4.18. The number of carbonyl (C=O) groups excluding carboxylic acids is 2. The molecule has 0 unspecified atom stereocenters. The van der Waals surface area contributed by atoms with Crippen molar-refractivity contribution in [3.63, 3.8) is 0 Å². The summed E-state index contributed by atoms with van der Waals surface area (Å²) in [5.74, 6) is -0.279. The summed E-state index contributed by atoms with van der Waals surface area (Å²) in [6, 6.07) is 16.1. The first-order valence-corrected chi connectivity index (χ1v) is 8.51. The first-order valence-electron chi connectivity index (χ1n) is 8.51. The van der Waals surface area contributed by atoms with Crippen molar-refractivity contribution >= 4 is 17.8 Å². The molecule has 2 aromatic rings. The number of rotatable bonds is 7. The number of nitriles is 1. The van der Waals surface area contributed by atoms with Crippen molar-refractivity contribution in [2.24, 2.45) is 5.92 Å². The molecule has 0 aliphatic rings. The molecule has 2 rings (SSSR count). The standard InChI is InChI=1S/C22H21NO4/c1-15(2)21(24)19(13-23)12-18-6-4-5-7-20(18)27-14-16-8-10-17(11-9-16)22(25)26-3/h4-12,15H,14H2,1-3H3/b19-12+. The highest BCUT2D eigenvalue weighted by Gasteiger charge is 2.14. The van der Waals surface area contributed by atoms with Gasteiger partial charge in [0.15, 0.2) is 5.78 Å². The number of methoxy groups -OCH3 is 1. The molecule has 0 saturated carbocycles. The molecule has 0 bridgehead atoms. The van der Waals surface area contributed by atoms with Crippen LogP contribution >= 0.6 is 0 Å². The second-order valence-corrected chi connectivity index (χ2v) is 6.20. The van der Waals surface area contributed by atoms with Gasteiger partial charge < -0.3 is 9.47 Å². The van der Waals surface area contributed by atoms with Crippen molar-refractivity contribution < 1.29 is 19.1 Å². The number of para-hydroxylation sites is 1. The van der Waals surface area contributed by atoms with Crippen molar-refractivity contribution in [1.29, 1.82) is 5.26 Å². The number of nitrogens with zero attached hydrogens (tertiary/aromatic N) is 1. The summed E-state index contributed by atoms with van der Waals surface area (Å²) in [6.07, 6.45) is 1.55. The summed E-state index contributed by atoms with van der Waals surface area (Å²) >= 11 is 0. The van der Waals surface area contributed by atoms with E-state index in [1.165, 1.54) is 7.11 Å². The Balaban J connectivity index is 2.18. The number of allylic oxidation sites excluding steroid dienone is 1. The molecule has 0 aliphatic carbocycles. The van der Waals surface area contributed by atoms with Crippen molar-refractivity contribution in [3.8, 4) is 11.8 Å². The maximum absolute atomic E-state index is 12.1. The van der Waals surface area contributed by atoms with Crippen LogP contribution in [-0.4, -0.2) is 18.9 Å². The molecule has 0 radical (unpaired) electrons. The lowest BCUT2D eigenvalue weighted by atomic mass is 9.99. The molecule has 138 valence electrons. The molecule has 0 heterocycles. The first kappa shape index (κ1) is 19.9. The first-order chi connectivity index (χ1) is 13.0. The third-order valence-electron chi connectivity index (χ3n) is 3.90. The van der Waals surface area contributed by atoms with E-state index in [1.54, 1.807) is 56.3 Å². The topological polar surface area (TPSA) is 76.4 Å². The van der Waals surface area contributed by atoms with Crippen LogP contribution in [0.4, 0.5) is 0 Å². The Morgan fingerprint density at radius 2 is 1.78 bits per heavy atom. The maximum Gasteiger partial charge on any atom is 0.337 e. The van der Waals surface area contributed by atoms with Gasteiger partial charge in [0.25, 0.3) is 0 Å². The van der Waals surface area contributed by atoms with Gasteiger partial charge in [-0.25, -0.2) is 4.79 Å². The van der Waals surface area contributed by atoms with E-state index in [2.05, 4.69) is 4.74 Å². The van der Waals surface area contributed by atoms with Crippen molar-refractivity contribution in [2.45, 2.75) is 20.5 Å². The van der Waals surface area contributed by atoms with Crippen LogP contribution in [0.1, 0.15) is 35.3 Å². The maximum atomic E-state index is 12.1. The minimum absolute atomic E-state index is 0.100. The fourth-order valence-corrected chi connectivity index (χ4v) is 2.37. The normalized spacial score (nSPS) is 11.0. The summed E-state index contributed by atoms with van der Waals surface area (Å²) in [4.78, 5) is 23.6. The highest BCUT2D eigenvalue weighted by molar-refractivity contribution is 6.04. The zero-order valence-corrected chi connectivity index (χ0v) is 15.6. The molecule has 5 nitrogen and oxygen atoms in total. The van der Waals surface area contributed by atoms with Gasteiger partial charge in [0.05, 0.1) is 18.2 Å². The fourth-order valence-electron chi connectivity index (χ4n) is 2.37. The van der Waals surface area contributed by atoms with E-state index >= 15 is 0 Å². The molecule has 0 N–H and O–H groups in total. The molecule has 0 aromatic heterocycles. The number of carbonyl (C=O) groups is 2. The molecule has 0 spiro atoms. The van der Waals surface area contributed by atoms with E-state index in [-0.39, 0.29) is 23.9 Å². The van der Waals surface area contributed by atoms with Gasteiger partial charge in [-0.15, -0.1) is 0 Å². The van der Waals surface area contributed by atoms with Crippen LogP contribution in [0.3, 0.4) is 0 Å². The third-order valence-corrected chi connectivity index (χ3v) is 3.90. The summed E-state index contributed by atoms with van der Waals surface area (Å²) in [5, 5.41) is 9.28. The van der Waals surface area contributed by atoms with Crippen LogP contribution < -0.4 is 4.74 Å². The fraction of sp³-hybridized carbons (Fsp3) is 0.227. The number of ether oxygens (including phenoxy) is 2. The highest BCUT2D eigenvalue weighted by Crippen LogP contribution is 2.23. The number of hydrogen-bond acceptors (Lipinski definition) is 5. The van der Waals surface area contributed by atoms with Gasteiger partial charge in [-0.05, 0) is 29.8 Å². The van der Waals surface area contributed by atoms with Crippen molar-refractivity contribution in [1.82, 2.24) is 0 Å². The lowest BCUT2D eigenvalue weighted by molar-refractivity contribution is -0.117. The minimum Gasteiger partial charge on any atom is -0.488 e. The van der Waals surface area contributed by atoms with E-state index in [0.717, 1.165) is 5.56 Å². The number of ketones is 1. The Kier molecular flexibility index (Phi) is 6.90. The molecular weight excluding hydrogens is 342 g/mol. The smallest absolute Gasteiger partial charge is 0.337 e. The molecule has 5 heteroatoms. The van der Waals surface area contributed by atoms with E-state index in [9.17, 15) is 14.9 Å². The lowest BCUT2D eigenvalue weighted by Crippen LogP contribution is -2.09. The van der Waals surface area contributed by atoms with Gasteiger partial charge >= 0.3 is 5.97 Å². The molecule has 2 aromatic carbocycles. The molecular formula is C22H21NO4. The van der Waals surface area contributed by atoms with E-state index in [1.807, 2.05) is 18.2 Å². The van der Waals surface area contributed by atoms with Gasteiger partial charge in [-0.1, -0.05) is 44.2 Å². The van der Waals surface area contributed by atoms with Gasteiger partial charge in [0, 0.05) is 11.5 Å². The highest BCUT2D eigenvalue weighted by atomic mass is 16.5. The van der Waals surface area contributed by atoms with Crippen LogP contribution in [0.25, 0.3) is 6.08 Å². The molecule has 0 saturated heterocycles. The number of esters is 1. The largest absolute Gasteiger partial charge is 0.488 e. The second kappa shape index (κ2) is 9.35. The van der Waals surface area contributed by atoms with Gasteiger partial charge in [0.1, 0.15) is 18.4 Å². The zero-order chi connectivity index (χ0) is 19.8. The molecule has 0 aliphatic heterocycles. The van der Waals surface area contributed by atoms with Gasteiger partial charge in [-0.3, -0.25) is 4.79 Å². The minimum atomic E-state index is -0.392. The van der Waals surface area contributed by atoms with Crippen LogP contribution in [-0.2, 0) is 16.1 Å². The Labute approximate surface area is 158 Å². The SMILES string of the molecule is COC(=O)c1ccc(COc2ccccc2/C=C(\C#N)C(=O)C(C)C)cc1. The lowest BCUT2D eigenvalue weighted by Gasteiger charge is -2.10.